The molecule has 0 aliphatic carbocycles. The van der Waals surface area contributed by atoms with Crippen LogP contribution in [0.3, 0.4) is 0 Å². The van der Waals surface area contributed by atoms with Crippen LogP contribution in [-0.2, 0) is 7.05 Å². The zero-order chi connectivity index (χ0) is 14.9. The standard InChI is InChI=1S/C16H22FN3/c1-6-18-16(13-9-10(2)7-8-14(13)17)15-11(3)19-20(5)12(15)4/h7-9,16,18H,6H2,1-5H3. The molecule has 4 heteroatoms. The molecule has 0 saturated heterocycles. The maximum Gasteiger partial charge on any atom is 0.128 e. The number of nitrogens with zero attached hydrogens (tertiary/aromatic N) is 2. The minimum atomic E-state index is -0.177. The largest absolute Gasteiger partial charge is 0.306 e. The van der Waals surface area contributed by atoms with Crippen LogP contribution in [-0.4, -0.2) is 16.3 Å². The van der Waals surface area contributed by atoms with Crippen LogP contribution in [0.5, 0.6) is 0 Å². The fourth-order valence-electron chi connectivity index (χ4n) is 2.66. The van der Waals surface area contributed by atoms with E-state index in [1.54, 1.807) is 6.07 Å². The van der Waals surface area contributed by atoms with Gasteiger partial charge in [-0.3, -0.25) is 4.68 Å². The van der Waals surface area contributed by atoms with Gasteiger partial charge in [-0.2, -0.15) is 5.10 Å². The normalized spacial score (nSPS) is 12.7. The molecule has 1 heterocycles. The second-order valence-electron chi connectivity index (χ2n) is 5.22. The molecule has 1 atom stereocenters. The summed E-state index contributed by atoms with van der Waals surface area (Å²) in [6, 6.07) is 5.09. The molecule has 3 nitrogen and oxygen atoms in total. The molecule has 1 aromatic carbocycles. The van der Waals surface area contributed by atoms with Gasteiger partial charge in [0, 0.05) is 23.9 Å². The summed E-state index contributed by atoms with van der Waals surface area (Å²) in [6.45, 7) is 8.77. The van der Waals surface area contributed by atoms with Crippen LogP contribution >= 0.6 is 0 Å². The minimum Gasteiger partial charge on any atom is -0.306 e. The first-order valence-corrected chi connectivity index (χ1v) is 6.95. The van der Waals surface area contributed by atoms with E-state index in [2.05, 4.69) is 10.4 Å². The highest BCUT2D eigenvalue weighted by molar-refractivity contribution is 5.39. The highest BCUT2D eigenvalue weighted by atomic mass is 19.1. The topological polar surface area (TPSA) is 29.9 Å². The van der Waals surface area contributed by atoms with Gasteiger partial charge in [-0.15, -0.1) is 0 Å². The van der Waals surface area contributed by atoms with Crippen molar-refractivity contribution in [2.45, 2.75) is 33.7 Å². The lowest BCUT2D eigenvalue weighted by molar-refractivity contribution is 0.555. The second kappa shape index (κ2) is 5.75. The smallest absolute Gasteiger partial charge is 0.128 e. The highest BCUT2D eigenvalue weighted by Gasteiger charge is 2.23. The SMILES string of the molecule is CCNC(c1cc(C)ccc1F)c1c(C)nn(C)c1C. The summed E-state index contributed by atoms with van der Waals surface area (Å²) >= 11 is 0. The van der Waals surface area contributed by atoms with Gasteiger partial charge in [0.2, 0.25) is 0 Å². The van der Waals surface area contributed by atoms with Gasteiger partial charge < -0.3 is 5.32 Å². The highest BCUT2D eigenvalue weighted by Crippen LogP contribution is 2.29. The summed E-state index contributed by atoms with van der Waals surface area (Å²) in [5.74, 6) is -0.177. The molecule has 1 unspecified atom stereocenters. The zero-order valence-corrected chi connectivity index (χ0v) is 12.8. The van der Waals surface area contributed by atoms with Gasteiger partial charge in [0.05, 0.1) is 11.7 Å². The number of hydrogen-bond acceptors (Lipinski definition) is 2. The van der Waals surface area contributed by atoms with Gasteiger partial charge in [-0.05, 0) is 33.4 Å². The number of aromatic nitrogens is 2. The second-order valence-corrected chi connectivity index (χ2v) is 5.22. The predicted octanol–water partition coefficient (Wildman–Crippen LogP) is 3.18. The third-order valence-electron chi connectivity index (χ3n) is 3.72. The zero-order valence-electron chi connectivity index (χ0n) is 12.8. The van der Waals surface area contributed by atoms with E-state index >= 15 is 0 Å². The van der Waals surface area contributed by atoms with Crippen molar-refractivity contribution < 1.29 is 4.39 Å². The van der Waals surface area contributed by atoms with Crippen molar-refractivity contribution in [3.05, 3.63) is 52.1 Å². The first kappa shape index (κ1) is 14.7. The third-order valence-corrected chi connectivity index (χ3v) is 3.72. The number of rotatable bonds is 4. The molecule has 2 aromatic rings. The molecule has 0 aliphatic heterocycles. The van der Waals surface area contributed by atoms with Crippen LogP contribution in [0.15, 0.2) is 18.2 Å². The Labute approximate surface area is 119 Å². The monoisotopic (exact) mass is 275 g/mol. The number of nitrogens with one attached hydrogen (secondary N) is 1. The molecule has 0 radical (unpaired) electrons. The van der Waals surface area contributed by atoms with Crippen molar-refractivity contribution in [2.75, 3.05) is 6.54 Å². The molecule has 0 bridgehead atoms. The van der Waals surface area contributed by atoms with E-state index in [1.165, 1.54) is 6.07 Å². The first-order valence-electron chi connectivity index (χ1n) is 6.95. The average molecular weight is 275 g/mol. The van der Waals surface area contributed by atoms with Crippen molar-refractivity contribution in [3.8, 4) is 0 Å². The summed E-state index contributed by atoms with van der Waals surface area (Å²) < 4.78 is 16.1. The lowest BCUT2D eigenvalue weighted by Gasteiger charge is -2.20. The Morgan fingerprint density at radius 1 is 1.30 bits per heavy atom. The number of hydrogen-bond donors (Lipinski definition) is 1. The summed E-state index contributed by atoms with van der Waals surface area (Å²) in [4.78, 5) is 0. The van der Waals surface area contributed by atoms with Crippen molar-refractivity contribution in [2.24, 2.45) is 7.05 Å². The summed E-state index contributed by atoms with van der Waals surface area (Å²) in [7, 11) is 1.92. The van der Waals surface area contributed by atoms with E-state index in [-0.39, 0.29) is 11.9 Å². The van der Waals surface area contributed by atoms with E-state index in [0.717, 1.165) is 29.1 Å². The first-order chi connectivity index (χ1) is 9.45. The Bertz CT molecular complexity index is 616. The molecule has 0 saturated carbocycles. The molecule has 0 spiro atoms. The molecular formula is C16H22FN3. The fourth-order valence-corrected chi connectivity index (χ4v) is 2.66. The number of halogens is 1. The van der Waals surface area contributed by atoms with Crippen LogP contribution < -0.4 is 5.32 Å². The fraction of sp³-hybridized carbons (Fsp3) is 0.438. The Hall–Kier alpha value is -1.68. The molecular weight excluding hydrogens is 253 g/mol. The number of aryl methyl sites for hydroxylation is 3. The van der Waals surface area contributed by atoms with Crippen LogP contribution in [0.1, 0.15) is 41.0 Å². The van der Waals surface area contributed by atoms with Crippen LogP contribution in [0.25, 0.3) is 0 Å². The molecule has 0 fully saturated rings. The lowest BCUT2D eigenvalue weighted by Crippen LogP contribution is -2.24. The molecule has 0 aliphatic rings. The van der Waals surface area contributed by atoms with Crippen molar-refractivity contribution in [1.29, 1.82) is 0 Å². The molecule has 1 N–H and O–H groups in total. The Kier molecular flexibility index (Phi) is 4.23. The van der Waals surface area contributed by atoms with Gasteiger partial charge in [0.1, 0.15) is 5.82 Å². The van der Waals surface area contributed by atoms with Gasteiger partial charge >= 0.3 is 0 Å². The maximum atomic E-state index is 14.2. The summed E-state index contributed by atoms with van der Waals surface area (Å²) in [6.07, 6.45) is 0. The van der Waals surface area contributed by atoms with E-state index in [0.29, 0.717) is 5.56 Å². The summed E-state index contributed by atoms with van der Waals surface area (Å²) in [5.41, 5.74) is 4.82. The predicted molar refractivity (Wildman–Crippen MR) is 79.3 cm³/mol. The van der Waals surface area contributed by atoms with Gasteiger partial charge in [-0.25, -0.2) is 4.39 Å². The molecule has 0 amide bonds. The van der Waals surface area contributed by atoms with Gasteiger partial charge in [-0.1, -0.05) is 24.6 Å². The van der Waals surface area contributed by atoms with Crippen molar-refractivity contribution in [1.82, 2.24) is 15.1 Å². The summed E-state index contributed by atoms with van der Waals surface area (Å²) in [5, 5.41) is 7.83. The molecule has 1 aromatic heterocycles. The van der Waals surface area contributed by atoms with E-state index < -0.39 is 0 Å². The minimum absolute atomic E-state index is 0.159. The molecule has 108 valence electrons. The maximum absolute atomic E-state index is 14.2. The Morgan fingerprint density at radius 3 is 2.55 bits per heavy atom. The van der Waals surface area contributed by atoms with E-state index in [9.17, 15) is 4.39 Å². The Morgan fingerprint density at radius 2 is 2.00 bits per heavy atom. The van der Waals surface area contributed by atoms with Crippen LogP contribution in [0.2, 0.25) is 0 Å². The van der Waals surface area contributed by atoms with E-state index in [1.807, 2.05) is 45.5 Å². The van der Waals surface area contributed by atoms with Crippen LogP contribution in [0, 0.1) is 26.6 Å². The third kappa shape index (κ3) is 2.61. The van der Waals surface area contributed by atoms with Crippen molar-refractivity contribution in [3.63, 3.8) is 0 Å². The van der Waals surface area contributed by atoms with Crippen molar-refractivity contribution >= 4 is 0 Å². The Balaban J connectivity index is 2.59. The molecule has 2 rings (SSSR count). The quantitative estimate of drug-likeness (QED) is 0.928. The number of benzene rings is 1. The average Bonchev–Trinajstić information content (AvgIpc) is 2.64. The van der Waals surface area contributed by atoms with Gasteiger partial charge in [0.25, 0.3) is 0 Å². The van der Waals surface area contributed by atoms with Crippen LogP contribution in [0.4, 0.5) is 4.39 Å². The van der Waals surface area contributed by atoms with E-state index in [4.69, 9.17) is 0 Å². The molecule has 20 heavy (non-hydrogen) atoms. The lowest BCUT2D eigenvalue weighted by atomic mass is 9.95. The van der Waals surface area contributed by atoms with Gasteiger partial charge in [0.15, 0.2) is 0 Å².